The van der Waals surface area contributed by atoms with Crippen molar-refractivity contribution in [2.45, 2.75) is 19.5 Å². The molecular formula is C9H9F3N2O. The Kier molecular flexibility index (Phi) is 2.97. The standard InChI is InChI=1S/C9H9F3N2O/c1-5-6(4-8(13)15)2-3-7(14-5)9(10,11)12/h2-3H,4H2,1H3,(H2,13,15). The molecule has 0 aliphatic heterocycles. The number of rotatable bonds is 2. The van der Waals surface area contributed by atoms with Crippen molar-refractivity contribution in [3.05, 3.63) is 29.1 Å². The minimum Gasteiger partial charge on any atom is -0.369 e. The van der Waals surface area contributed by atoms with Crippen molar-refractivity contribution in [3.8, 4) is 0 Å². The molecule has 3 nitrogen and oxygen atoms in total. The molecule has 0 atom stereocenters. The first-order valence-corrected chi connectivity index (χ1v) is 4.12. The predicted octanol–water partition coefficient (Wildman–Crippen LogP) is 1.44. The Labute approximate surface area is 84.1 Å². The van der Waals surface area contributed by atoms with Crippen molar-refractivity contribution in [2.24, 2.45) is 5.73 Å². The third-order valence-electron chi connectivity index (χ3n) is 1.85. The SMILES string of the molecule is Cc1nc(C(F)(F)F)ccc1CC(N)=O. The first-order valence-electron chi connectivity index (χ1n) is 4.12. The summed E-state index contributed by atoms with van der Waals surface area (Å²) in [5.41, 5.74) is 4.55. The number of nitrogens with two attached hydrogens (primary N) is 1. The molecule has 15 heavy (non-hydrogen) atoms. The van der Waals surface area contributed by atoms with Crippen LogP contribution >= 0.6 is 0 Å². The molecule has 0 fully saturated rings. The number of pyridine rings is 1. The van der Waals surface area contributed by atoms with Crippen LogP contribution in [-0.2, 0) is 17.4 Å². The van der Waals surface area contributed by atoms with E-state index in [1.807, 2.05) is 0 Å². The Morgan fingerprint density at radius 1 is 1.47 bits per heavy atom. The Hall–Kier alpha value is -1.59. The topological polar surface area (TPSA) is 56.0 Å². The summed E-state index contributed by atoms with van der Waals surface area (Å²) >= 11 is 0. The van der Waals surface area contributed by atoms with Crippen LogP contribution in [0.4, 0.5) is 13.2 Å². The number of nitrogens with zero attached hydrogens (tertiary/aromatic N) is 1. The zero-order chi connectivity index (χ0) is 11.6. The summed E-state index contributed by atoms with van der Waals surface area (Å²) in [5, 5.41) is 0. The zero-order valence-corrected chi connectivity index (χ0v) is 7.93. The number of hydrogen-bond acceptors (Lipinski definition) is 2. The maximum absolute atomic E-state index is 12.2. The average molecular weight is 218 g/mol. The molecule has 1 aromatic rings. The molecule has 0 saturated heterocycles. The summed E-state index contributed by atoms with van der Waals surface area (Å²) < 4.78 is 36.6. The Balaban J connectivity index is 3.03. The van der Waals surface area contributed by atoms with Crippen molar-refractivity contribution in [1.82, 2.24) is 4.98 Å². The third-order valence-corrected chi connectivity index (χ3v) is 1.85. The van der Waals surface area contributed by atoms with E-state index in [0.717, 1.165) is 6.07 Å². The molecule has 0 aromatic carbocycles. The number of alkyl halides is 3. The van der Waals surface area contributed by atoms with Gasteiger partial charge in [-0.05, 0) is 18.6 Å². The van der Waals surface area contributed by atoms with Gasteiger partial charge in [-0.3, -0.25) is 4.79 Å². The van der Waals surface area contributed by atoms with Crippen LogP contribution in [0.2, 0.25) is 0 Å². The Bertz CT molecular complexity index is 387. The number of hydrogen-bond donors (Lipinski definition) is 1. The number of primary amides is 1. The molecule has 6 heteroatoms. The fraction of sp³-hybridized carbons (Fsp3) is 0.333. The molecule has 0 aliphatic rings. The lowest BCUT2D eigenvalue weighted by Gasteiger charge is -2.08. The van der Waals surface area contributed by atoms with Crippen molar-refractivity contribution in [1.29, 1.82) is 0 Å². The smallest absolute Gasteiger partial charge is 0.369 e. The van der Waals surface area contributed by atoms with Gasteiger partial charge in [-0.15, -0.1) is 0 Å². The van der Waals surface area contributed by atoms with Gasteiger partial charge in [0.25, 0.3) is 0 Å². The number of halogens is 3. The van der Waals surface area contributed by atoms with E-state index >= 15 is 0 Å². The largest absolute Gasteiger partial charge is 0.433 e. The van der Waals surface area contributed by atoms with Crippen molar-refractivity contribution < 1.29 is 18.0 Å². The lowest BCUT2D eigenvalue weighted by Crippen LogP contribution is -2.16. The summed E-state index contributed by atoms with van der Waals surface area (Å²) in [6.07, 6.45) is -4.56. The van der Waals surface area contributed by atoms with Gasteiger partial charge in [0, 0.05) is 5.69 Å². The van der Waals surface area contributed by atoms with E-state index in [1.54, 1.807) is 0 Å². The molecule has 1 aromatic heterocycles. The van der Waals surface area contributed by atoms with Crippen molar-refractivity contribution in [3.63, 3.8) is 0 Å². The number of amides is 1. The molecule has 2 N–H and O–H groups in total. The van der Waals surface area contributed by atoms with E-state index in [1.165, 1.54) is 13.0 Å². The van der Waals surface area contributed by atoms with Crippen LogP contribution in [-0.4, -0.2) is 10.9 Å². The lowest BCUT2D eigenvalue weighted by molar-refractivity contribution is -0.141. The minimum atomic E-state index is -4.46. The number of carbonyl (C=O) groups excluding carboxylic acids is 1. The van der Waals surface area contributed by atoms with Crippen LogP contribution in [0.25, 0.3) is 0 Å². The summed E-state index contributed by atoms with van der Waals surface area (Å²) in [7, 11) is 0. The Morgan fingerprint density at radius 3 is 2.47 bits per heavy atom. The molecule has 82 valence electrons. The number of aryl methyl sites for hydroxylation is 1. The van der Waals surface area contributed by atoms with Gasteiger partial charge in [0.2, 0.25) is 5.91 Å². The van der Waals surface area contributed by atoms with Crippen LogP contribution in [0, 0.1) is 6.92 Å². The van der Waals surface area contributed by atoms with Gasteiger partial charge in [0.1, 0.15) is 5.69 Å². The van der Waals surface area contributed by atoms with E-state index in [9.17, 15) is 18.0 Å². The third kappa shape index (κ3) is 2.93. The maximum atomic E-state index is 12.2. The van der Waals surface area contributed by atoms with E-state index in [2.05, 4.69) is 4.98 Å². The average Bonchev–Trinajstić information content (AvgIpc) is 2.05. The minimum absolute atomic E-state index is 0.100. The molecule has 1 rings (SSSR count). The van der Waals surface area contributed by atoms with E-state index in [-0.39, 0.29) is 12.1 Å². The van der Waals surface area contributed by atoms with Gasteiger partial charge in [0.05, 0.1) is 6.42 Å². The molecule has 0 aliphatic carbocycles. The van der Waals surface area contributed by atoms with Gasteiger partial charge in [-0.1, -0.05) is 6.07 Å². The van der Waals surface area contributed by atoms with Crippen LogP contribution in [0.3, 0.4) is 0 Å². The van der Waals surface area contributed by atoms with Crippen LogP contribution < -0.4 is 5.73 Å². The second-order valence-corrected chi connectivity index (χ2v) is 3.08. The fourth-order valence-electron chi connectivity index (χ4n) is 1.12. The summed E-state index contributed by atoms with van der Waals surface area (Å²) in [4.78, 5) is 13.9. The van der Waals surface area contributed by atoms with Gasteiger partial charge in [0.15, 0.2) is 0 Å². The monoisotopic (exact) mass is 218 g/mol. The lowest BCUT2D eigenvalue weighted by atomic mass is 10.1. The van der Waals surface area contributed by atoms with Crippen LogP contribution in [0.15, 0.2) is 12.1 Å². The van der Waals surface area contributed by atoms with E-state index < -0.39 is 17.8 Å². The molecular weight excluding hydrogens is 209 g/mol. The highest BCUT2D eigenvalue weighted by atomic mass is 19.4. The fourth-order valence-corrected chi connectivity index (χ4v) is 1.12. The van der Waals surface area contributed by atoms with E-state index in [4.69, 9.17) is 5.73 Å². The maximum Gasteiger partial charge on any atom is 0.433 e. The van der Waals surface area contributed by atoms with Crippen LogP contribution in [0.1, 0.15) is 17.0 Å². The molecule has 0 unspecified atom stereocenters. The molecule has 0 spiro atoms. The second-order valence-electron chi connectivity index (χ2n) is 3.08. The zero-order valence-electron chi connectivity index (χ0n) is 7.93. The van der Waals surface area contributed by atoms with Gasteiger partial charge in [-0.2, -0.15) is 13.2 Å². The van der Waals surface area contributed by atoms with Gasteiger partial charge in [-0.25, -0.2) is 4.98 Å². The van der Waals surface area contributed by atoms with Crippen LogP contribution in [0.5, 0.6) is 0 Å². The van der Waals surface area contributed by atoms with Gasteiger partial charge < -0.3 is 5.73 Å². The first-order chi connectivity index (χ1) is 6.80. The Morgan fingerprint density at radius 2 is 2.07 bits per heavy atom. The quantitative estimate of drug-likeness (QED) is 0.816. The number of aromatic nitrogens is 1. The van der Waals surface area contributed by atoms with Gasteiger partial charge >= 0.3 is 6.18 Å². The molecule has 0 bridgehead atoms. The highest BCUT2D eigenvalue weighted by Crippen LogP contribution is 2.28. The molecule has 0 saturated carbocycles. The second kappa shape index (κ2) is 3.88. The summed E-state index contributed by atoms with van der Waals surface area (Å²) in [5.74, 6) is -0.598. The number of carbonyl (C=O) groups is 1. The predicted molar refractivity (Wildman–Crippen MR) is 46.9 cm³/mol. The summed E-state index contributed by atoms with van der Waals surface area (Å²) in [6.45, 7) is 1.41. The molecule has 1 heterocycles. The highest BCUT2D eigenvalue weighted by molar-refractivity contribution is 5.76. The highest BCUT2D eigenvalue weighted by Gasteiger charge is 2.32. The van der Waals surface area contributed by atoms with E-state index in [0.29, 0.717) is 5.56 Å². The summed E-state index contributed by atoms with van der Waals surface area (Å²) in [6, 6.07) is 2.06. The first kappa shape index (κ1) is 11.5. The normalized spacial score (nSPS) is 11.5. The molecule has 1 amide bonds. The molecule has 0 radical (unpaired) electrons. The van der Waals surface area contributed by atoms with Crippen molar-refractivity contribution >= 4 is 5.91 Å². The van der Waals surface area contributed by atoms with Crippen molar-refractivity contribution in [2.75, 3.05) is 0 Å².